The molecule has 0 radical (unpaired) electrons. The van der Waals surface area contributed by atoms with Crippen LogP contribution >= 0.6 is 11.6 Å². The third-order valence-corrected chi connectivity index (χ3v) is 5.45. The first kappa shape index (κ1) is 17.5. The molecule has 0 aliphatic heterocycles. The molecular weight excluding hydrogens is 350 g/mol. The molecule has 1 atom stereocenters. The second kappa shape index (κ2) is 6.65. The highest BCUT2D eigenvalue weighted by Gasteiger charge is 2.41. The summed E-state index contributed by atoms with van der Waals surface area (Å²) < 4.78 is 0. The number of nitrogens with one attached hydrogen (secondary N) is 1. The van der Waals surface area contributed by atoms with Crippen LogP contribution in [0.2, 0.25) is 5.02 Å². The number of aromatic nitrogens is 1. The summed E-state index contributed by atoms with van der Waals surface area (Å²) in [5.74, 6) is -0.664. The van der Waals surface area contributed by atoms with Gasteiger partial charge in [0.1, 0.15) is 0 Å². The van der Waals surface area contributed by atoms with Crippen molar-refractivity contribution in [3.05, 3.63) is 63.9 Å². The predicted octanol–water partition coefficient (Wildman–Crippen LogP) is 3.15. The fraction of sp³-hybridized carbons (Fsp3) is 0.400. The Labute approximate surface area is 157 Å². The molecule has 6 heteroatoms. The Morgan fingerprint density at radius 2 is 2.08 bits per heavy atom. The summed E-state index contributed by atoms with van der Waals surface area (Å²) in [5, 5.41) is 13.9. The number of hydrogen-bond donors (Lipinski definition) is 3. The number of halogens is 1. The van der Waals surface area contributed by atoms with Gasteiger partial charge in [0.2, 0.25) is 0 Å². The number of benzene rings is 1. The Hall–Kier alpha value is -1.95. The van der Waals surface area contributed by atoms with Gasteiger partial charge in [-0.1, -0.05) is 23.7 Å². The lowest BCUT2D eigenvalue weighted by molar-refractivity contribution is -0.142. The highest BCUT2D eigenvalue weighted by Crippen LogP contribution is 2.43. The van der Waals surface area contributed by atoms with Gasteiger partial charge >= 0.3 is 5.97 Å². The van der Waals surface area contributed by atoms with Gasteiger partial charge in [-0.2, -0.15) is 0 Å². The fourth-order valence-electron chi connectivity index (χ4n) is 3.29. The molecule has 1 aromatic carbocycles. The molecule has 2 aliphatic rings. The first-order valence-corrected chi connectivity index (χ1v) is 9.37. The number of rotatable bonds is 7. The number of carboxylic acids is 1. The Kier molecular flexibility index (Phi) is 4.47. The maximum absolute atomic E-state index is 12.1. The lowest BCUT2D eigenvalue weighted by atomic mass is 9.85. The van der Waals surface area contributed by atoms with E-state index in [4.69, 9.17) is 17.3 Å². The lowest BCUT2D eigenvalue weighted by Crippen LogP contribution is -2.46. The van der Waals surface area contributed by atoms with E-state index in [2.05, 4.69) is 10.3 Å². The van der Waals surface area contributed by atoms with Gasteiger partial charge < -0.3 is 16.2 Å². The second-order valence-corrected chi connectivity index (χ2v) is 7.76. The molecule has 2 fully saturated rings. The molecule has 5 nitrogen and oxygen atoms in total. The van der Waals surface area contributed by atoms with E-state index in [1.807, 2.05) is 6.07 Å². The monoisotopic (exact) mass is 371 g/mol. The largest absolute Gasteiger partial charge is 0.479 e. The Bertz CT molecular complexity index is 849. The molecule has 0 saturated heterocycles. The Balaban J connectivity index is 1.74. The lowest BCUT2D eigenvalue weighted by Gasteiger charge is -2.26. The van der Waals surface area contributed by atoms with E-state index in [-0.39, 0.29) is 0 Å². The van der Waals surface area contributed by atoms with Crippen LogP contribution in [0.3, 0.4) is 0 Å². The van der Waals surface area contributed by atoms with Gasteiger partial charge in [-0.25, -0.2) is 4.79 Å². The average molecular weight is 372 g/mol. The minimum absolute atomic E-state index is 0.351. The van der Waals surface area contributed by atoms with Gasteiger partial charge in [-0.15, -0.1) is 0 Å². The molecule has 0 spiro atoms. The highest BCUT2D eigenvalue weighted by atomic mass is 35.5. The van der Waals surface area contributed by atoms with E-state index in [0.717, 1.165) is 24.9 Å². The second-order valence-electron chi connectivity index (χ2n) is 7.32. The van der Waals surface area contributed by atoms with Crippen LogP contribution in [0, 0.1) is 0 Å². The summed E-state index contributed by atoms with van der Waals surface area (Å²) in [5.41, 5.74) is 7.75. The Morgan fingerprint density at radius 1 is 1.31 bits per heavy atom. The van der Waals surface area contributed by atoms with Gasteiger partial charge in [0.05, 0.1) is 5.69 Å². The zero-order chi connectivity index (χ0) is 18.3. The Morgan fingerprint density at radius 3 is 2.69 bits per heavy atom. The maximum atomic E-state index is 12.1. The van der Waals surface area contributed by atoms with Crippen LogP contribution in [0.1, 0.15) is 54.0 Å². The molecule has 4 rings (SSSR count). The molecule has 0 amide bonds. The first-order valence-electron chi connectivity index (χ1n) is 8.99. The standard InChI is InChI=1S/C20H22ClN3O2/c21-15-3-1-2-14(8-15)20(22,19(25)26)18-9-17(12-4-5-12)13(11-24-18)10-23-16-6-7-16/h1-3,8-9,11-12,16,23H,4-7,10,22H2,(H,25,26). The van der Waals surface area contributed by atoms with E-state index < -0.39 is 11.5 Å². The molecule has 2 aliphatic carbocycles. The van der Waals surface area contributed by atoms with Crippen molar-refractivity contribution in [1.29, 1.82) is 0 Å². The van der Waals surface area contributed by atoms with Gasteiger partial charge in [0, 0.05) is 23.8 Å². The summed E-state index contributed by atoms with van der Waals surface area (Å²) in [6, 6.07) is 9.18. The van der Waals surface area contributed by atoms with Crippen LogP contribution in [0.4, 0.5) is 0 Å². The van der Waals surface area contributed by atoms with Crippen molar-refractivity contribution in [2.45, 2.75) is 49.7 Å². The minimum Gasteiger partial charge on any atom is -0.479 e. The van der Waals surface area contributed by atoms with Crippen LogP contribution in [0.15, 0.2) is 36.5 Å². The van der Waals surface area contributed by atoms with Crippen molar-refractivity contribution in [3.8, 4) is 0 Å². The number of carboxylic acid groups (broad SMARTS) is 1. The quantitative estimate of drug-likeness (QED) is 0.695. The molecule has 0 bridgehead atoms. The van der Waals surface area contributed by atoms with E-state index in [1.165, 1.54) is 18.4 Å². The van der Waals surface area contributed by atoms with Gasteiger partial charge in [0.25, 0.3) is 0 Å². The predicted molar refractivity (Wildman–Crippen MR) is 100 cm³/mol. The highest BCUT2D eigenvalue weighted by molar-refractivity contribution is 6.30. The smallest absolute Gasteiger partial charge is 0.334 e. The van der Waals surface area contributed by atoms with Gasteiger partial charge in [-0.3, -0.25) is 4.98 Å². The van der Waals surface area contributed by atoms with Crippen LogP contribution in [-0.2, 0) is 16.9 Å². The topological polar surface area (TPSA) is 88.2 Å². The summed E-state index contributed by atoms with van der Waals surface area (Å²) >= 11 is 6.06. The van der Waals surface area contributed by atoms with Crippen LogP contribution < -0.4 is 11.1 Å². The number of nitrogens with zero attached hydrogens (tertiary/aromatic N) is 1. The molecule has 26 heavy (non-hydrogen) atoms. The van der Waals surface area contributed by atoms with Crippen molar-refractivity contribution in [1.82, 2.24) is 10.3 Å². The van der Waals surface area contributed by atoms with E-state index in [0.29, 0.717) is 28.2 Å². The average Bonchev–Trinajstić information content (AvgIpc) is 3.53. The van der Waals surface area contributed by atoms with Gasteiger partial charge in [0.15, 0.2) is 5.54 Å². The number of carbonyl (C=O) groups is 1. The van der Waals surface area contributed by atoms with E-state index in [1.54, 1.807) is 30.5 Å². The molecule has 1 unspecified atom stereocenters. The number of nitrogens with two attached hydrogens (primary N) is 1. The van der Waals surface area contributed by atoms with Crippen molar-refractivity contribution < 1.29 is 9.90 Å². The number of hydrogen-bond acceptors (Lipinski definition) is 4. The van der Waals surface area contributed by atoms with Gasteiger partial charge in [-0.05, 0) is 66.5 Å². The summed E-state index contributed by atoms with van der Waals surface area (Å²) in [7, 11) is 0. The zero-order valence-electron chi connectivity index (χ0n) is 14.4. The van der Waals surface area contributed by atoms with E-state index in [9.17, 15) is 9.90 Å². The molecule has 2 saturated carbocycles. The van der Waals surface area contributed by atoms with Crippen LogP contribution in [-0.4, -0.2) is 22.1 Å². The van der Waals surface area contributed by atoms with E-state index >= 15 is 0 Å². The SMILES string of the molecule is NC(C(=O)O)(c1cccc(Cl)c1)c1cc(C2CC2)c(CNC2CC2)cn1. The van der Waals surface area contributed by atoms with Crippen molar-refractivity contribution in [2.24, 2.45) is 5.73 Å². The van der Waals surface area contributed by atoms with Crippen LogP contribution in [0.25, 0.3) is 0 Å². The fourth-order valence-corrected chi connectivity index (χ4v) is 3.48. The molecule has 1 heterocycles. The molecule has 1 aromatic heterocycles. The third-order valence-electron chi connectivity index (χ3n) is 5.22. The third kappa shape index (κ3) is 3.34. The first-order chi connectivity index (χ1) is 12.5. The number of aliphatic carboxylic acids is 1. The molecule has 2 aromatic rings. The normalized spacial score (nSPS) is 19.2. The zero-order valence-corrected chi connectivity index (χ0v) is 15.2. The van der Waals surface area contributed by atoms with Crippen molar-refractivity contribution in [2.75, 3.05) is 0 Å². The number of pyridine rings is 1. The summed E-state index contributed by atoms with van der Waals surface area (Å²) in [4.78, 5) is 16.6. The summed E-state index contributed by atoms with van der Waals surface area (Å²) in [6.07, 6.45) is 6.49. The van der Waals surface area contributed by atoms with Crippen molar-refractivity contribution >= 4 is 17.6 Å². The van der Waals surface area contributed by atoms with Crippen molar-refractivity contribution in [3.63, 3.8) is 0 Å². The summed E-state index contributed by atoms with van der Waals surface area (Å²) in [6.45, 7) is 0.769. The molecule has 136 valence electrons. The molecular formula is C20H22ClN3O2. The molecule has 4 N–H and O–H groups in total. The van der Waals surface area contributed by atoms with Crippen LogP contribution in [0.5, 0.6) is 0 Å². The maximum Gasteiger partial charge on any atom is 0.334 e. The minimum atomic E-state index is -1.73.